The standard InChI is InChI=1S/C11H15NO3S/c1-4-8(13)12-9-6-7(3)10(16-9)11(14)15-5-2/h6H,4-5H2,1-3H3,(H,12,13). The van der Waals surface area contributed by atoms with Gasteiger partial charge in [-0.15, -0.1) is 11.3 Å². The van der Waals surface area contributed by atoms with Gasteiger partial charge in [-0.25, -0.2) is 4.79 Å². The van der Waals surface area contributed by atoms with Crippen molar-refractivity contribution in [3.8, 4) is 0 Å². The fraction of sp³-hybridized carbons (Fsp3) is 0.455. The van der Waals surface area contributed by atoms with Crippen LogP contribution in [0, 0.1) is 6.92 Å². The van der Waals surface area contributed by atoms with Gasteiger partial charge in [-0.3, -0.25) is 4.79 Å². The van der Waals surface area contributed by atoms with Crippen LogP contribution in [-0.4, -0.2) is 18.5 Å². The Kier molecular flexibility index (Phi) is 4.49. The highest BCUT2D eigenvalue weighted by molar-refractivity contribution is 7.18. The van der Waals surface area contributed by atoms with Gasteiger partial charge in [-0.1, -0.05) is 6.92 Å². The molecule has 16 heavy (non-hydrogen) atoms. The molecule has 1 amide bonds. The van der Waals surface area contributed by atoms with E-state index in [2.05, 4.69) is 5.32 Å². The lowest BCUT2D eigenvalue weighted by Gasteiger charge is -1.99. The van der Waals surface area contributed by atoms with Crippen LogP contribution in [0.1, 0.15) is 35.5 Å². The molecular formula is C11H15NO3S. The van der Waals surface area contributed by atoms with E-state index >= 15 is 0 Å². The van der Waals surface area contributed by atoms with Gasteiger partial charge in [-0.2, -0.15) is 0 Å². The lowest BCUT2D eigenvalue weighted by Crippen LogP contribution is -2.07. The van der Waals surface area contributed by atoms with Gasteiger partial charge < -0.3 is 10.1 Å². The minimum absolute atomic E-state index is 0.0586. The van der Waals surface area contributed by atoms with E-state index in [0.29, 0.717) is 22.9 Å². The predicted octanol–water partition coefficient (Wildman–Crippen LogP) is 2.58. The van der Waals surface area contributed by atoms with E-state index < -0.39 is 0 Å². The maximum absolute atomic E-state index is 11.5. The van der Waals surface area contributed by atoms with Crippen molar-refractivity contribution in [3.05, 3.63) is 16.5 Å². The smallest absolute Gasteiger partial charge is 0.348 e. The zero-order valence-electron chi connectivity index (χ0n) is 9.62. The zero-order valence-corrected chi connectivity index (χ0v) is 10.4. The summed E-state index contributed by atoms with van der Waals surface area (Å²) in [6.07, 6.45) is 0.422. The Bertz CT molecular complexity index is 398. The monoisotopic (exact) mass is 241 g/mol. The molecule has 0 aliphatic rings. The van der Waals surface area contributed by atoms with Crippen LogP contribution in [-0.2, 0) is 9.53 Å². The molecule has 1 aromatic heterocycles. The van der Waals surface area contributed by atoms with Crippen LogP contribution in [0.15, 0.2) is 6.07 Å². The Labute approximate surface area is 98.6 Å². The molecule has 0 aromatic carbocycles. The highest BCUT2D eigenvalue weighted by atomic mass is 32.1. The zero-order chi connectivity index (χ0) is 12.1. The number of ether oxygens (including phenoxy) is 1. The first-order chi connectivity index (χ1) is 7.58. The van der Waals surface area contributed by atoms with Crippen molar-refractivity contribution < 1.29 is 14.3 Å². The molecule has 0 spiro atoms. The van der Waals surface area contributed by atoms with Crippen molar-refractivity contribution in [2.24, 2.45) is 0 Å². The van der Waals surface area contributed by atoms with Crippen LogP contribution in [0.3, 0.4) is 0 Å². The molecule has 5 heteroatoms. The average molecular weight is 241 g/mol. The molecule has 0 atom stereocenters. The van der Waals surface area contributed by atoms with E-state index in [1.165, 1.54) is 11.3 Å². The van der Waals surface area contributed by atoms with Gasteiger partial charge in [-0.05, 0) is 25.5 Å². The number of rotatable bonds is 4. The summed E-state index contributed by atoms with van der Waals surface area (Å²) in [7, 11) is 0. The second-order valence-corrected chi connectivity index (χ2v) is 4.30. The summed E-state index contributed by atoms with van der Waals surface area (Å²) in [5, 5.41) is 3.41. The fourth-order valence-corrected chi connectivity index (χ4v) is 2.15. The summed E-state index contributed by atoms with van der Waals surface area (Å²) in [5.41, 5.74) is 0.829. The molecule has 0 saturated carbocycles. The van der Waals surface area contributed by atoms with Gasteiger partial charge in [0.2, 0.25) is 5.91 Å². The quantitative estimate of drug-likeness (QED) is 0.824. The van der Waals surface area contributed by atoms with Gasteiger partial charge in [0, 0.05) is 6.42 Å². The molecule has 0 unspecified atom stereocenters. The minimum atomic E-state index is -0.331. The fourth-order valence-electron chi connectivity index (χ4n) is 1.17. The Balaban J connectivity index is 2.81. The first kappa shape index (κ1) is 12.7. The maximum atomic E-state index is 11.5. The van der Waals surface area contributed by atoms with E-state index in [0.717, 1.165) is 5.56 Å². The Morgan fingerprint density at radius 3 is 2.69 bits per heavy atom. The summed E-state index contributed by atoms with van der Waals surface area (Å²) >= 11 is 1.24. The van der Waals surface area contributed by atoms with Crippen LogP contribution in [0.5, 0.6) is 0 Å². The van der Waals surface area contributed by atoms with Crippen LogP contribution in [0.25, 0.3) is 0 Å². The molecule has 0 aliphatic carbocycles. The second-order valence-electron chi connectivity index (χ2n) is 3.24. The van der Waals surface area contributed by atoms with Gasteiger partial charge >= 0.3 is 5.97 Å². The predicted molar refractivity (Wildman–Crippen MR) is 63.9 cm³/mol. The van der Waals surface area contributed by atoms with Crippen LogP contribution in [0.2, 0.25) is 0 Å². The number of hydrogen-bond acceptors (Lipinski definition) is 4. The first-order valence-electron chi connectivity index (χ1n) is 5.15. The third-order valence-corrected chi connectivity index (χ3v) is 3.09. The number of carbonyl (C=O) groups excluding carboxylic acids is 2. The lowest BCUT2D eigenvalue weighted by atomic mass is 10.3. The molecular weight excluding hydrogens is 226 g/mol. The van der Waals surface area contributed by atoms with Crippen LogP contribution < -0.4 is 5.32 Å². The van der Waals surface area contributed by atoms with E-state index in [1.807, 2.05) is 6.92 Å². The van der Waals surface area contributed by atoms with Crippen molar-refractivity contribution in [3.63, 3.8) is 0 Å². The third-order valence-electron chi connectivity index (χ3n) is 1.96. The van der Waals surface area contributed by atoms with Gasteiger partial charge in [0.15, 0.2) is 0 Å². The highest BCUT2D eigenvalue weighted by Gasteiger charge is 2.15. The molecule has 1 heterocycles. The van der Waals surface area contributed by atoms with Gasteiger partial charge in [0.25, 0.3) is 0 Å². The molecule has 88 valence electrons. The maximum Gasteiger partial charge on any atom is 0.348 e. The van der Waals surface area contributed by atoms with Crippen LogP contribution in [0.4, 0.5) is 5.00 Å². The molecule has 1 aromatic rings. The number of carbonyl (C=O) groups is 2. The molecule has 4 nitrogen and oxygen atoms in total. The Morgan fingerprint density at radius 1 is 1.44 bits per heavy atom. The summed E-state index contributed by atoms with van der Waals surface area (Å²) < 4.78 is 4.91. The summed E-state index contributed by atoms with van der Waals surface area (Å²) in [4.78, 5) is 23.2. The molecule has 1 rings (SSSR count). The van der Waals surface area contributed by atoms with Gasteiger partial charge in [0.1, 0.15) is 4.88 Å². The second kappa shape index (κ2) is 5.65. The number of esters is 1. The lowest BCUT2D eigenvalue weighted by molar-refractivity contribution is -0.115. The van der Waals surface area contributed by atoms with Crippen LogP contribution >= 0.6 is 11.3 Å². The number of nitrogens with one attached hydrogen (secondary N) is 1. The van der Waals surface area contributed by atoms with E-state index in [-0.39, 0.29) is 11.9 Å². The third kappa shape index (κ3) is 3.06. The van der Waals surface area contributed by atoms with E-state index in [4.69, 9.17) is 4.74 Å². The van der Waals surface area contributed by atoms with Crippen molar-refractivity contribution in [1.29, 1.82) is 0 Å². The largest absolute Gasteiger partial charge is 0.462 e. The number of anilines is 1. The highest BCUT2D eigenvalue weighted by Crippen LogP contribution is 2.27. The summed E-state index contributed by atoms with van der Waals surface area (Å²) in [6.45, 7) is 5.72. The van der Waals surface area contributed by atoms with E-state index in [1.54, 1.807) is 19.9 Å². The molecule has 0 saturated heterocycles. The molecule has 0 fully saturated rings. The molecule has 0 radical (unpaired) electrons. The van der Waals surface area contributed by atoms with Crippen molar-refractivity contribution in [1.82, 2.24) is 0 Å². The minimum Gasteiger partial charge on any atom is -0.462 e. The average Bonchev–Trinajstić information content (AvgIpc) is 2.59. The molecule has 0 bridgehead atoms. The number of hydrogen-bond donors (Lipinski definition) is 1. The van der Waals surface area contributed by atoms with Crippen molar-refractivity contribution >= 4 is 28.2 Å². The molecule has 1 N–H and O–H groups in total. The SMILES string of the molecule is CCOC(=O)c1sc(NC(=O)CC)cc1C. The van der Waals surface area contributed by atoms with E-state index in [9.17, 15) is 9.59 Å². The first-order valence-corrected chi connectivity index (χ1v) is 5.97. The Hall–Kier alpha value is -1.36. The Morgan fingerprint density at radius 2 is 2.12 bits per heavy atom. The molecule has 0 aliphatic heterocycles. The normalized spacial score (nSPS) is 9.94. The number of aryl methyl sites for hydroxylation is 1. The topological polar surface area (TPSA) is 55.4 Å². The number of thiophene rings is 1. The van der Waals surface area contributed by atoms with Gasteiger partial charge in [0.05, 0.1) is 11.6 Å². The summed E-state index contributed by atoms with van der Waals surface area (Å²) in [6, 6.07) is 1.78. The van der Waals surface area contributed by atoms with Crippen molar-refractivity contribution in [2.75, 3.05) is 11.9 Å². The van der Waals surface area contributed by atoms with Crippen molar-refractivity contribution in [2.45, 2.75) is 27.2 Å². The summed E-state index contributed by atoms with van der Waals surface area (Å²) in [5.74, 6) is -0.390. The number of amides is 1.